The number of nitrogens with two attached hydrogens (primary N) is 1. The molecule has 0 saturated carbocycles. The Hall–Kier alpha value is -3.45. The minimum Gasteiger partial charge on any atom is -0.494 e. The third-order valence-electron chi connectivity index (χ3n) is 7.77. The van der Waals surface area contributed by atoms with Gasteiger partial charge >= 0.3 is 0 Å². The molecule has 4 rings (SSSR count). The van der Waals surface area contributed by atoms with Crippen molar-refractivity contribution >= 4 is 22.7 Å². The van der Waals surface area contributed by atoms with E-state index in [4.69, 9.17) is 10.5 Å². The molecular weight excluding hydrogens is 508 g/mol. The highest BCUT2D eigenvalue weighted by Crippen LogP contribution is 2.41. The molecule has 3 N–H and O–H groups in total. The van der Waals surface area contributed by atoms with Gasteiger partial charge in [-0.25, -0.2) is 4.39 Å². The molecule has 1 amide bonds. The molecule has 2 aromatic carbocycles. The van der Waals surface area contributed by atoms with Crippen molar-refractivity contribution in [2.75, 3.05) is 39.1 Å². The lowest BCUT2D eigenvalue weighted by Gasteiger charge is -2.19. The number of amides is 1. The largest absolute Gasteiger partial charge is 0.494 e. The van der Waals surface area contributed by atoms with Crippen LogP contribution in [0.3, 0.4) is 0 Å². The number of halogens is 2. The summed E-state index contributed by atoms with van der Waals surface area (Å²) in [4.78, 5) is 14.4. The number of nitrogens with one attached hydrogen (secondary N) is 1. The Bertz CT molecular complexity index is 1310. The van der Waals surface area contributed by atoms with Gasteiger partial charge in [0.25, 0.3) is 5.91 Å². The van der Waals surface area contributed by atoms with Gasteiger partial charge in [-0.05, 0) is 109 Å². The maximum absolute atomic E-state index is 15.1. The topological polar surface area (TPSA) is 67.6 Å². The van der Waals surface area contributed by atoms with Gasteiger partial charge in [0, 0.05) is 32.4 Å². The number of alkyl halides is 1. The second kappa shape index (κ2) is 13.8. The molecule has 2 aromatic rings. The number of allylic oxidation sites excluding steroid dienone is 6. The van der Waals surface area contributed by atoms with Crippen LogP contribution in [0.2, 0.25) is 0 Å². The Morgan fingerprint density at radius 3 is 2.75 bits per heavy atom. The molecule has 0 radical (unpaired) electrons. The number of rotatable bonds is 10. The van der Waals surface area contributed by atoms with Crippen LogP contribution in [0.15, 0.2) is 59.9 Å². The highest BCUT2D eigenvalue weighted by atomic mass is 19.1. The number of benzene rings is 2. The Labute approximate surface area is 236 Å². The van der Waals surface area contributed by atoms with E-state index < -0.39 is 11.7 Å². The summed E-state index contributed by atoms with van der Waals surface area (Å²) in [7, 11) is 1.50. The summed E-state index contributed by atoms with van der Waals surface area (Å²) in [6, 6.07) is 10.9. The van der Waals surface area contributed by atoms with Crippen LogP contribution in [0, 0.1) is 5.82 Å². The van der Waals surface area contributed by atoms with Gasteiger partial charge in [-0.15, -0.1) is 0 Å². The molecule has 0 unspecified atom stereocenters. The summed E-state index contributed by atoms with van der Waals surface area (Å²) in [6.07, 6.45) is 9.06. The molecule has 40 heavy (non-hydrogen) atoms. The van der Waals surface area contributed by atoms with Crippen molar-refractivity contribution in [2.45, 2.75) is 58.5 Å². The average Bonchev–Trinajstić information content (AvgIpc) is 3.31. The number of fused-ring (bicyclic) bond motifs is 1. The molecule has 1 heterocycles. The molecule has 7 heteroatoms. The van der Waals surface area contributed by atoms with Gasteiger partial charge in [-0.1, -0.05) is 25.1 Å². The maximum atomic E-state index is 15.1. The lowest BCUT2D eigenvalue weighted by Crippen LogP contribution is -2.24. The molecule has 0 aromatic heterocycles. The number of hydrogen-bond donors (Lipinski definition) is 2. The Morgan fingerprint density at radius 2 is 2.02 bits per heavy atom. The number of carbonyl (C=O) groups is 1. The number of nitrogens with zero attached hydrogens (tertiary/aromatic N) is 1. The second-order valence-electron chi connectivity index (χ2n) is 10.6. The maximum Gasteiger partial charge on any atom is 0.253 e. The average molecular weight is 550 g/mol. The third-order valence-corrected chi connectivity index (χ3v) is 7.77. The molecule has 1 aliphatic carbocycles. The van der Waals surface area contributed by atoms with Crippen molar-refractivity contribution in [3.63, 3.8) is 0 Å². The van der Waals surface area contributed by atoms with Crippen LogP contribution in [0.25, 0.3) is 11.1 Å². The lowest BCUT2D eigenvalue weighted by atomic mass is 9.86. The number of nitrogen functional groups attached to an aromatic ring is 1. The van der Waals surface area contributed by atoms with Crippen molar-refractivity contribution in [3.8, 4) is 0 Å². The number of aryl methyl sites for hydroxylation is 1. The van der Waals surface area contributed by atoms with Crippen LogP contribution in [0.4, 0.5) is 14.5 Å². The number of carbonyl (C=O) groups excluding carboxylic acids is 1. The fraction of sp³-hybridized carbons (Fsp3) is 0.424. The monoisotopic (exact) mass is 549 g/mol. The molecule has 214 valence electrons. The van der Waals surface area contributed by atoms with E-state index in [-0.39, 0.29) is 18.3 Å². The Kier molecular flexibility index (Phi) is 10.2. The summed E-state index contributed by atoms with van der Waals surface area (Å²) in [5.74, 6) is -0.145. The SMILES string of the molecule is CC/C(=C\C=C(/C)O[C@H]1CCN(CCCF)C1)C1=C(c2ccc(C(=O)NC)c(F)c2)CCCc2cc(N)ccc21. The van der Waals surface area contributed by atoms with E-state index in [2.05, 4.69) is 29.3 Å². The van der Waals surface area contributed by atoms with Gasteiger partial charge < -0.3 is 15.8 Å². The fourth-order valence-corrected chi connectivity index (χ4v) is 5.76. The fourth-order valence-electron chi connectivity index (χ4n) is 5.76. The van der Waals surface area contributed by atoms with E-state index in [1.807, 2.05) is 31.2 Å². The van der Waals surface area contributed by atoms with Crippen LogP contribution in [-0.2, 0) is 11.2 Å². The second-order valence-corrected chi connectivity index (χ2v) is 10.6. The zero-order valence-electron chi connectivity index (χ0n) is 23.9. The first-order valence-corrected chi connectivity index (χ1v) is 14.3. The van der Waals surface area contributed by atoms with Crippen LogP contribution in [0.5, 0.6) is 0 Å². The molecule has 1 atom stereocenters. The molecule has 0 spiro atoms. The molecule has 2 aliphatic rings. The summed E-state index contributed by atoms with van der Waals surface area (Å²) < 4.78 is 33.9. The van der Waals surface area contributed by atoms with E-state index in [9.17, 15) is 9.18 Å². The summed E-state index contributed by atoms with van der Waals surface area (Å²) in [6.45, 7) is 6.32. The van der Waals surface area contributed by atoms with Crippen molar-refractivity contribution in [3.05, 3.63) is 88.0 Å². The van der Waals surface area contributed by atoms with Crippen molar-refractivity contribution in [2.24, 2.45) is 0 Å². The minimum atomic E-state index is -0.534. The zero-order chi connectivity index (χ0) is 28.6. The van der Waals surface area contributed by atoms with Gasteiger partial charge in [0.15, 0.2) is 0 Å². The summed E-state index contributed by atoms with van der Waals surface area (Å²) in [5, 5.41) is 2.50. The van der Waals surface area contributed by atoms with E-state index in [0.29, 0.717) is 6.42 Å². The number of anilines is 1. The highest BCUT2D eigenvalue weighted by Gasteiger charge is 2.24. The van der Waals surface area contributed by atoms with Gasteiger partial charge in [0.2, 0.25) is 0 Å². The predicted molar refractivity (Wildman–Crippen MR) is 159 cm³/mol. The Balaban J connectivity index is 1.72. The van der Waals surface area contributed by atoms with E-state index in [0.717, 1.165) is 91.0 Å². The molecule has 5 nitrogen and oxygen atoms in total. The van der Waals surface area contributed by atoms with Gasteiger partial charge in [0.05, 0.1) is 18.0 Å². The van der Waals surface area contributed by atoms with Gasteiger partial charge in [-0.3, -0.25) is 14.1 Å². The van der Waals surface area contributed by atoms with E-state index >= 15 is 4.39 Å². The first-order chi connectivity index (χ1) is 19.3. The van der Waals surface area contributed by atoms with E-state index in [1.54, 1.807) is 6.07 Å². The predicted octanol–water partition coefficient (Wildman–Crippen LogP) is 6.71. The van der Waals surface area contributed by atoms with Gasteiger partial charge in [-0.2, -0.15) is 0 Å². The first kappa shape index (κ1) is 29.5. The lowest BCUT2D eigenvalue weighted by molar-refractivity contribution is 0.0959. The number of ether oxygens (including phenoxy) is 1. The van der Waals surface area contributed by atoms with Gasteiger partial charge in [0.1, 0.15) is 11.9 Å². The van der Waals surface area contributed by atoms with Crippen LogP contribution < -0.4 is 11.1 Å². The van der Waals surface area contributed by atoms with Crippen LogP contribution in [-0.4, -0.2) is 50.3 Å². The molecule has 1 aliphatic heterocycles. The molecule has 1 fully saturated rings. The molecule has 0 bridgehead atoms. The smallest absolute Gasteiger partial charge is 0.253 e. The van der Waals surface area contributed by atoms with E-state index in [1.165, 1.54) is 18.7 Å². The third kappa shape index (κ3) is 7.00. The number of likely N-dealkylation sites (tertiary alicyclic amines) is 1. The highest BCUT2D eigenvalue weighted by molar-refractivity contribution is 6.01. The minimum absolute atomic E-state index is 0.0346. The van der Waals surface area contributed by atoms with Crippen molar-refractivity contribution in [1.29, 1.82) is 0 Å². The first-order valence-electron chi connectivity index (χ1n) is 14.3. The quantitative estimate of drug-likeness (QED) is 0.197. The van der Waals surface area contributed by atoms with Crippen molar-refractivity contribution in [1.82, 2.24) is 10.2 Å². The van der Waals surface area contributed by atoms with Crippen molar-refractivity contribution < 1.29 is 18.3 Å². The normalized spacial score (nSPS) is 18.5. The summed E-state index contributed by atoms with van der Waals surface area (Å²) in [5.41, 5.74) is 13.3. The van der Waals surface area contributed by atoms with Crippen LogP contribution in [0.1, 0.15) is 73.0 Å². The van der Waals surface area contributed by atoms with Crippen LogP contribution >= 0.6 is 0 Å². The Morgan fingerprint density at radius 1 is 1.20 bits per heavy atom. The standard InChI is InChI=1S/C33H41F2N3O2/c1-4-23(10-9-22(2)40-27-15-18-38(21-27)17-6-16-34)32-28(8-5-7-24-19-26(36)12-14-29(24)32)25-11-13-30(31(35)20-25)33(39)37-3/h9-14,19-20,27H,4-8,15-18,21,36H2,1-3H3,(H,37,39)/b22-9+,23-10+/t27-/m0/s1. The summed E-state index contributed by atoms with van der Waals surface area (Å²) >= 11 is 0. The number of hydrogen-bond acceptors (Lipinski definition) is 4. The molecule has 1 saturated heterocycles. The zero-order valence-corrected chi connectivity index (χ0v) is 23.9. The molecular formula is C33H41F2N3O2.